The van der Waals surface area contributed by atoms with Crippen molar-refractivity contribution in [3.8, 4) is 11.3 Å². The second-order valence-electron chi connectivity index (χ2n) is 8.49. The largest absolute Gasteiger partial charge is 0.466 e. The number of hydrogen-bond donors (Lipinski definition) is 0. The van der Waals surface area contributed by atoms with Gasteiger partial charge in [0.15, 0.2) is 0 Å². The van der Waals surface area contributed by atoms with Crippen LogP contribution in [0.4, 0.5) is 0 Å². The standard InChI is InChI=1S/C24H32N6O2/c1-2-32-23(31)14-11-17-29-19-22(26-27-29)24(15-9-4-3-5-10-16-24)30-18-21(25-28-30)20-12-7-6-8-13-20/h6-8,12-13,18-19H,2-5,9-11,14-17H2,1H3. The van der Waals surface area contributed by atoms with E-state index in [2.05, 4.69) is 39.0 Å². The molecule has 1 aliphatic rings. The van der Waals surface area contributed by atoms with Crippen molar-refractivity contribution in [2.24, 2.45) is 0 Å². The molecule has 0 saturated heterocycles. The Bertz CT molecular complexity index is 989. The molecule has 0 aliphatic heterocycles. The summed E-state index contributed by atoms with van der Waals surface area (Å²) in [5.41, 5.74) is 2.51. The second kappa shape index (κ2) is 10.5. The first-order valence-corrected chi connectivity index (χ1v) is 11.8. The van der Waals surface area contributed by atoms with Crippen LogP contribution in [0, 0.1) is 0 Å². The highest BCUT2D eigenvalue weighted by Gasteiger charge is 2.38. The average molecular weight is 437 g/mol. The number of rotatable bonds is 8. The van der Waals surface area contributed by atoms with E-state index in [-0.39, 0.29) is 11.5 Å². The molecule has 2 heterocycles. The summed E-state index contributed by atoms with van der Waals surface area (Å²) in [4.78, 5) is 11.6. The third-order valence-corrected chi connectivity index (χ3v) is 6.27. The Kier molecular flexibility index (Phi) is 7.29. The van der Waals surface area contributed by atoms with Crippen molar-refractivity contribution in [2.45, 2.75) is 76.8 Å². The zero-order valence-corrected chi connectivity index (χ0v) is 18.8. The Hall–Kier alpha value is -3.03. The fourth-order valence-electron chi connectivity index (χ4n) is 4.55. The Morgan fingerprint density at radius 1 is 1.00 bits per heavy atom. The first-order chi connectivity index (χ1) is 15.7. The number of benzene rings is 1. The maximum atomic E-state index is 11.6. The topological polar surface area (TPSA) is 87.7 Å². The van der Waals surface area contributed by atoms with E-state index >= 15 is 0 Å². The van der Waals surface area contributed by atoms with Crippen LogP contribution in [0.2, 0.25) is 0 Å². The predicted octanol–water partition coefficient (Wildman–Crippen LogP) is 4.37. The molecule has 170 valence electrons. The number of aryl methyl sites for hydroxylation is 1. The van der Waals surface area contributed by atoms with Crippen LogP contribution in [0.3, 0.4) is 0 Å². The lowest BCUT2D eigenvalue weighted by Gasteiger charge is -2.33. The molecule has 3 aromatic rings. The highest BCUT2D eigenvalue weighted by molar-refractivity contribution is 5.69. The lowest BCUT2D eigenvalue weighted by molar-refractivity contribution is -0.143. The minimum Gasteiger partial charge on any atom is -0.466 e. The van der Waals surface area contributed by atoms with E-state index in [0.717, 1.165) is 42.6 Å². The van der Waals surface area contributed by atoms with E-state index in [4.69, 9.17) is 4.74 Å². The predicted molar refractivity (Wildman–Crippen MR) is 121 cm³/mol. The minimum absolute atomic E-state index is 0.166. The number of carbonyl (C=O) groups is 1. The Balaban J connectivity index is 1.58. The van der Waals surface area contributed by atoms with Crippen molar-refractivity contribution in [1.29, 1.82) is 0 Å². The van der Waals surface area contributed by atoms with Gasteiger partial charge in [0.05, 0.1) is 19.0 Å². The number of nitrogens with zero attached hydrogens (tertiary/aromatic N) is 6. The van der Waals surface area contributed by atoms with Crippen molar-refractivity contribution < 1.29 is 9.53 Å². The fraction of sp³-hybridized carbons (Fsp3) is 0.542. The first kappa shape index (κ1) is 22.2. The smallest absolute Gasteiger partial charge is 0.305 e. The van der Waals surface area contributed by atoms with Crippen LogP contribution in [0.25, 0.3) is 11.3 Å². The van der Waals surface area contributed by atoms with Gasteiger partial charge in [0.2, 0.25) is 0 Å². The van der Waals surface area contributed by atoms with Crippen LogP contribution in [0.1, 0.15) is 70.4 Å². The van der Waals surface area contributed by atoms with Gasteiger partial charge in [0.25, 0.3) is 0 Å². The maximum Gasteiger partial charge on any atom is 0.305 e. The van der Waals surface area contributed by atoms with Crippen LogP contribution in [-0.4, -0.2) is 42.6 Å². The van der Waals surface area contributed by atoms with Crippen LogP contribution in [-0.2, 0) is 21.6 Å². The van der Waals surface area contributed by atoms with E-state index in [1.165, 1.54) is 19.3 Å². The lowest BCUT2D eigenvalue weighted by atomic mass is 9.81. The van der Waals surface area contributed by atoms with E-state index in [1.807, 2.05) is 40.7 Å². The molecule has 4 rings (SSSR count). The van der Waals surface area contributed by atoms with Crippen LogP contribution < -0.4 is 0 Å². The van der Waals surface area contributed by atoms with Gasteiger partial charge in [-0.25, -0.2) is 4.68 Å². The van der Waals surface area contributed by atoms with Gasteiger partial charge in [0.1, 0.15) is 16.9 Å². The van der Waals surface area contributed by atoms with Gasteiger partial charge in [-0.1, -0.05) is 72.9 Å². The molecule has 1 fully saturated rings. The highest BCUT2D eigenvalue weighted by atomic mass is 16.5. The molecular weight excluding hydrogens is 404 g/mol. The summed E-state index contributed by atoms with van der Waals surface area (Å²) in [6.45, 7) is 2.87. The number of ether oxygens (including phenoxy) is 1. The van der Waals surface area contributed by atoms with Crippen LogP contribution >= 0.6 is 0 Å². The summed E-state index contributed by atoms with van der Waals surface area (Å²) >= 11 is 0. The van der Waals surface area contributed by atoms with E-state index in [9.17, 15) is 4.79 Å². The van der Waals surface area contributed by atoms with Gasteiger partial charge in [0, 0.05) is 18.5 Å². The van der Waals surface area contributed by atoms with Crippen LogP contribution in [0.15, 0.2) is 42.7 Å². The molecule has 1 aromatic carbocycles. The molecule has 2 aromatic heterocycles. The highest BCUT2D eigenvalue weighted by Crippen LogP contribution is 2.38. The molecule has 1 saturated carbocycles. The van der Waals surface area contributed by atoms with E-state index in [0.29, 0.717) is 26.0 Å². The van der Waals surface area contributed by atoms with Gasteiger partial charge in [-0.2, -0.15) is 0 Å². The van der Waals surface area contributed by atoms with Gasteiger partial charge in [-0.3, -0.25) is 9.48 Å². The molecule has 0 amide bonds. The van der Waals surface area contributed by atoms with Crippen LogP contribution in [0.5, 0.6) is 0 Å². The summed E-state index contributed by atoms with van der Waals surface area (Å²) in [6.07, 6.45) is 13.0. The quantitative estimate of drug-likeness (QED) is 0.487. The normalized spacial score (nSPS) is 16.3. The molecule has 32 heavy (non-hydrogen) atoms. The molecule has 8 heteroatoms. The SMILES string of the molecule is CCOC(=O)CCCn1cc(C2(n3cc(-c4ccccc4)nn3)CCCCCCC2)nn1. The molecule has 1 aliphatic carbocycles. The van der Waals surface area contributed by atoms with Crippen molar-refractivity contribution >= 4 is 5.97 Å². The molecule has 0 spiro atoms. The Morgan fingerprint density at radius 3 is 2.50 bits per heavy atom. The van der Waals surface area contributed by atoms with Gasteiger partial charge in [-0.15, -0.1) is 10.2 Å². The van der Waals surface area contributed by atoms with Crippen molar-refractivity contribution in [2.75, 3.05) is 6.61 Å². The summed E-state index contributed by atoms with van der Waals surface area (Å²) in [7, 11) is 0. The zero-order valence-electron chi connectivity index (χ0n) is 18.8. The minimum atomic E-state index is -0.347. The number of aromatic nitrogens is 6. The molecule has 0 N–H and O–H groups in total. The number of hydrogen-bond acceptors (Lipinski definition) is 6. The van der Waals surface area contributed by atoms with Crippen molar-refractivity contribution in [3.05, 3.63) is 48.4 Å². The average Bonchev–Trinajstić information content (AvgIpc) is 3.46. The zero-order chi connectivity index (χ0) is 22.2. The summed E-state index contributed by atoms with van der Waals surface area (Å²) in [5.74, 6) is -0.166. The van der Waals surface area contributed by atoms with Gasteiger partial charge >= 0.3 is 5.97 Å². The third-order valence-electron chi connectivity index (χ3n) is 6.27. The van der Waals surface area contributed by atoms with Gasteiger partial charge in [-0.05, 0) is 26.2 Å². The summed E-state index contributed by atoms with van der Waals surface area (Å²) < 4.78 is 8.87. The molecule has 0 atom stereocenters. The van der Waals surface area contributed by atoms with Crippen molar-refractivity contribution in [1.82, 2.24) is 30.0 Å². The van der Waals surface area contributed by atoms with Crippen molar-refractivity contribution in [3.63, 3.8) is 0 Å². The molecule has 0 unspecified atom stereocenters. The fourth-order valence-corrected chi connectivity index (χ4v) is 4.55. The number of esters is 1. The second-order valence-corrected chi connectivity index (χ2v) is 8.49. The molecule has 0 bridgehead atoms. The monoisotopic (exact) mass is 436 g/mol. The molecular formula is C24H32N6O2. The lowest BCUT2D eigenvalue weighted by Crippen LogP contribution is -2.37. The summed E-state index contributed by atoms with van der Waals surface area (Å²) in [6, 6.07) is 10.1. The van der Waals surface area contributed by atoms with E-state index in [1.54, 1.807) is 0 Å². The third kappa shape index (κ3) is 5.06. The molecule has 8 nitrogen and oxygen atoms in total. The number of carbonyl (C=O) groups excluding carboxylic acids is 1. The maximum absolute atomic E-state index is 11.6. The Morgan fingerprint density at radius 2 is 1.75 bits per heavy atom. The van der Waals surface area contributed by atoms with E-state index < -0.39 is 0 Å². The van der Waals surface area contributed by atoms with Gasteiger partial charge < -0.3 is 4.74 Å². The summed E-state index contributed by atoms with van der Waals surface area (Å²) in [5, 5.41) is 18.0. The Labute approximate surface area is 189 Å². The first-order valence-electron chi connectivity index (χ1n) is 11.8. The molecule has 0 radical (unpaired) electrons.